The number of hydrogen-bond acceptors (Lipinski definition) is 2. The Morgan fingerprint density at radius 2 is 1.95 bits per heavy atom. The summed E-state index contributed by atoms with van der Waals surface area (Å²) in [7, 11) is 1.91. The molecule has 0 radical (unpaired) electrons. The third-order valence-corrected chi connectivity index (χ3v) is 3.65. The second-order valence-corrected chi connectivity index (χ2v) is 4.98. The van der Waals surface area contributed by atoms with Crippen LogP contribution < -0.4 is 5.32 Å². The van der Waals surface area contributed by atoms with Gasteiger partial charge in [0, 0.05) is 30.2 Å². The fraction of sp³-hybridized carbons (Fsp3) is 0.375. The van der Waals surface area contributed by atoms with E-state index in [-0.39, 0.29) is 0 Å². The molecule has 2 aromatic rings. The first-order valence-electron chi connectivity index (χ1n) is 6.94. The molecule has 0 aliphatic rings. The topological polar surface area (TPSA) is 51.1 Å². The molecule has 0 fully saturated rings. The number of fused-ring (bicyclic) bond motifs is 1. The van der Waals surface area contributed by atoms with Crippen molar-refractivity contribution in [2.45, 2.75) is 26.7 Å². The lowest BCUT2D eigenvalue weighted by molar-refractivity contribution is -0.117. The van der Waals surface area contributed by atoms with Gasteiger partial charge in [0.05, 0.1) is 5.56 Å². The molecule has 20 heavy (non-hydrogen) atoms. The van der Waals surface area contributed by atoms with E-state index in [1.807, 2.05) is 49.7 Å². The van der Waals surface area contributed by atoms with Crippen LogP contribution in [0.3, 0.4) is 0 Å². The smallest absolute Gasteiger partial charge is 0.292 e. The zero-order chi connectivity index (χ0) is 14.7. The second-order valence-electron chi connectivity index (χ2n) is 4.98. The number of carbonyl (C=O) groups is 2. The number of nitrogens with zero attached hydrogens (tertiary/aromatic N) is 1. The first-order valence-corrected chi connectivity index (χ1v) is 6.94. The Bertz CT molecular complexity index is 656. The molecule has 106 valence electrons. The molecule has 0 aliphatic heterocycles. The SMILES string of the molecule is CCCCNC(=O)C(=O)c1c(C)n(C)c2ccccc12. The predicted molar refractivity (Wildman–Crippen MR) is 79.9 cm³/mol. The second kappa shape index (κ2) is 5.90. The molecule has 0 spiro atoms. The lowest BCUT2D eigenvalue weighted by Gasteiger charge is -2.04. The highest BCUT2D eigenvalue weighted by Gasteiger charge is 2.23. The van der Waals surface area contributed by atoms with Gasteiger partial charge >= 0.3 is 0 Å². The van der Waals surface area contributed by atoms with E-state index in [1.165, 1.54) is 0 Å². The average Bonchev–Trinajstić information content (AvgIpc) is 2.71. The van der Waals surface area contributed by atoms with Crippen LogP contribution in [-0.4, -0.2) is 22.8 Å². The van der Waals surface area contributed by atoms with Crippen LogP contribution in [0, 0.1) is 6.92 Å². The minimum Gasteiger partial charge on any atom is -0.349 e. The number of benzene rings is 1. The number of aromatic nitrogens is 1. The Labute approximate surface area is 118 Å². The molecule has 4 nitrogen and oxygen atoms in total. The maximum atomic E-state index is 12.4. The monoisotopic (exact) mass is 272 g/mol. The Balaban J connectivity index is 2.35. The highest BCUT2D eigenvalue weighted by Crippen LogP contribution is 2.25. The van der Waals surface area contributed by atoms with Gasteiger partial charge in [-0.15, -0.1) is 0 Å². The van der Waals surface area contributed by atoms with E-state index >= 15 is 0 Å². The molecule has 1 aromatic heterocycles. The van der Waals surface area contributed by atoms with E-state index in [0.29, 0.717) is 12.1 Å². The van der Waals surface area contributed by atoms with Crippen molar-refractivity contribution in [2.75, 3.05) is 6.54 Å². The van der Waals surface area contributed by atoms with Gasteiger partial charge in [0.15, 0.2) is 0 Å². The summed E-state index contributed by atoms with van der Waals surface area (Å²) < 4.78 is 1.95. The number of hydrogen-bond donors (Lipinski definition) is 1. The zero-order valence-electron chi connectivity index (χ0n) is 12.2. The van der Waals surface area contributed by atoms with Crippen molar-refractivity contribution >= 4 is 22.6 Å². The Hall–Kier alpha value is -2.10. The summed E-state index contributed by atoms with van der Waals surface area (Å²) in [4.78, 5) is 24.3. The van der Waals surface area contributed by atoms with Gasteiger partial charge in [-0.25, -0.2) is 0 Å². The van der Waals surface area contributed by atoms with Gasteiger partial charge in [-0.2, -0.15) is 0 Å². The molecular weight excluding hydrogens is 252 g/mol. The Morgan fingerprint density at radius 1 is 1.25 bits per heavy atom. The number of ketones is 1. The number of rotatable bonds is 5. The summed E-state index contributed by atoms with van der Waals surface area (Å²) in [5.41, 5.74) is 2.30. The molecule has 4 heteroatoms. The van der Waals surface area contributed by atoms with Crippen LogP contribution in [0.4, 0.5) is 0 Å². The fourth-order valence-electron chi connectivity index (χ4n) is 2.38. The van der Waals surface area contributed by atoms with E-state index in [4.69, 9.17) is 0 Å². The van der Waals surface area contributed by atoms with Crippen LogP contribution in [0.15, 0.2) is 24.3 Å². The quantitative estimate of drug-likeness (QED) is 0.516. The van der Waals surface area contributed by atoms with Crippen LogP contribution in [0.25, 0.3) is 10.9 Å². The van der Waals surface area contributed by atoms with Gasteiger partial charge < -0.3 is 9.88 Å². The summed E-state index contributed by atoms with van der Waals surface area (Å²) in [5, 5.41) is 3.52. The number of carbonyl (C=O) groups excluding carboxylic acids is 2. The molecule has 1 heterocycles. The zero-order valence-corrected chi connectivity index (χ0v) is 12.2. The lowest BCUT2D eigenvalue weighted by atomic mass is 10.1. The van der Waals surface area contributed by atoms with Gasteiger partial charge in [0.25, 0.3) is 11.7 Å². The molecule has 0 bridgehead atoms. The number of amides is 1. The maximum Gasteiger partial charge on any atom is 0.292 e. The van der Waals surface area contributed by atoms with Crippen molar-refractivity contribution in [3.05, 3.63) is 35.5 Å². The third-order valence-electron chi connectivity index (χ3n) is 3.65. The van der Waals surface area contributed by atoms with Crippen LogP contribution in [-0.2, 0) is 11.8 Å². The van der Waals surface area contributed by atoms with Gasteiger partial charge in [0.2, 0.25) is 0 Å². The molecule has 1 amide bonds. The van der Waals surface area contributed by atoms with Crippen molar-refractivity contribution in [2.24, 2.45) is 7.05 Å². The predicted octanol–water partition coefficient (Wildman–Crippen LogP) is 2.59. The van der Waals surface area contributed by atoms with Crippen molar-refractivity contribution < 1.29 is 9.59 Å². The van der Waals surface area contributed by atoms with Gasteiger partial charge in [-0.05, 0) is 19.4 Å². The van der Waals surface area contributed by atoms with Crippen molar-refractivity contribution in [3.8, 4) is 0 Å². The van der Waals surface area contributed by atoms with E-state index < -0.39 is 11.7 Å². The van der Waals surface area contributed by atoms with Crippen molar-refractivity contribution in [3.63, 3.8) is 0 Å². The number of nitrogens with one attached hydrogen (secondary N) is 1. The molecule has 0 atom stereocenters. The van der Waals surface area contributed by atoms with Gasteiger partial charge in [0.1, 0.15) is 0 Å². The molecule has 0 saturated carbocycles. The molecule has 1 N–H and O–H groups in total. The molecule has 0 aliphatic carbocycles. The molecule has 0 unspecified atom stereocenters. The normalized spacial score (nSPS) is 10.8. The highest BCUT2D eigenvalue weighted by molar-refractivity contribution is 6.45. The van der Waals surface area contributed by atoms with E-state index in [1.54, 1.807) is 0 Å². The van der Waals surface area contributed by atoms with Crippen LogP contribution in [0.2, 0.25) is 0 Å². The van der Waals surface area contributed by atoms with E-state index in [0.717, 1.165) is 29.4 Å². The summed E-state index contributed by atoms with van der Waals surface area (Å²) in [6.07, 6.45) is 1.87. The maximum absolute atomic E-state index is 12.4. The molecule has 2 rings (SSSR count). The molecular formula is C16H20N2O2. The average molecular weight is 272 g/mol. The summed E-state index contributed by atoms with van der Waals surface area (Å²) in [6, 6.07) is 7.65. The van der Waals surface area contributed by atoms with Crippen LogP contribution >= 0.6 is 0 Å². The van der Waals surface area contributed by atoms with Crippen LogP contribution in [0.1, 0.15) is 35.8 Å². The Morgan fingerprint density at radius 3 is 2.65 bits per heavy atom. The standard InChI is InChI=1S/C16H20N2O2/c1-4-5-10-17-16(20)15(19)14-11(2)18(3)13-9-7-6-8-12(13)14/h6-9H,4-5,10H2,1-3H3,(H,17,20). The summed E-state index contributed by atoms with van der Waals surface area (Å²) in [6.45, 7) is 4.46. The highest BCUT2D eigenvalue weighted by atomic mass is 16.2. The largest absolute Gasteiger partial charge is 0.349 e. The first-order chi connectivity index (χ1) is 9.57. The summed E-state index contributed by atoms with van der Waals surface area (Å²) in [5.74, 6) is -0.965. The third kappa shape index (κ3) is 2.46. The lowest BCUT2D eigenvalue weighted by Crippen LogP contribution is -2.32. The number of Topliss-reactive ketones (excluding diaryl/α,β-unsaturated/α-hetero) is 1. The van der Waals surface area contributed by atoms with Crippen LogP contribution in [0.5, 0.6) is 0 Å². The number of aryl methyl sites for hydroxylation is 1. The van der Waals surface area contributed by atoms with E-state index in [2.05, 4.69) is 5.32 Å². The van der Waals surface area contributed by atoms with E-state index in [9.17, 15) is 9.59 Å². The minimum absolute atomic E-state index is 0.449. The molecule has 1 aromatic carbocycles. The molecule has 0 saturated heterocycles. The number of unbranched alkanes of at least 4 members (excludes halogenated alkanes) is 1. The van der Waals surface area contributed by atoms with Crippen molar-refractivity contribution in [1.82, 2.24) is 9.88 Å². The summed E-state index contributed by atoms with van der Waals surface area (Å²) >= 11 is 0. The van der Waals surface area contributed by atoms with Gasteiger partial charge in [-0.3, -0.25) is 9.59 Å². The Kier molecular flexibility index (Phi) is 4.23. The van der Waals surface area contributed by atoms with Crippen molar-refractivity contribution in [1.29, 1.82) is 0 Å². The first kappa shape index (κ1) is 14.3. The number of para-hydroxylation sites is 1. The minimum atomic E-state index is -0.516. The van der Waals surface area contributed by atoms with Gasteiger partial charge in [-0.1, -0.05) is 31.5 Å². The fourth-order valence-corrected chi connectivity index (χ4v) is 2.38.